The average molecular weight is 219 g/mol. The van der Waals surface area contributed by atoms with Crippen LogP contribution in [0.5, 0.6) is 0 Å². The van der Waals surface area contributed by atoms with E-state index in [0.29, 0.717) is 23.2 Å². The van der Waals surface area contributed by atoms with Gasteiger partial charge in [-0.05, 0) is 37.3 Å². The van der Waals surface area contributed by atoms with Gasteiger partial charge in [0.1, 0.15) is 5.82 Å². The molecule has 0 radical (unpaired) electrons. The van der Waals surface area contributed by atoms with Gasteiger partial charge in [0.15, 0.2) is 6.29 Å². The van der Waals surface area contributed by atoms with Crippen LogP contribution >= 0.6 is 0 Å². The number of hydrogen-bond acceptors (Lipinski definition) is 2. The molecular weight excluding hydrogens is 205 g/mol. The van der Waals surface area contributed by atoms with Crippen LogP contribution in [0.25, 0.3) is 0 Å². The molecule has 2 unspecified atom stereocenters. The Hall–Kier alpha value is -1.38. The Morgan fingerprint density at radius 3 is 2.88 bits per heavy atom. The fourth-order valence-electron chi connectivity index (χ4n) is 3.13. The van der Waals surface area contributed by atoms with Crippen molar-refractivity contribution in [3.05, 3.63) is 29.6 Å². The lowest BCUT2D eigenvalue weighted by Gasteiger charge is -2.30. The predicted molar refractivity (Wildman–Crippen MR) is 60.3 cm³/mol. The third kappa shape index (κ3) is 1.34. The van der Waals surface area contributed by atoms with Crippen molar-refractivity contribution in [2.75, 3.05) is 11.4 Å². The highest BCUT2D eigenvalue weighted by molar-refractivity contribution is 5.85. The normalized spacial score (nSPS) is 27.4. The fourth-order valence-corrected chi connectivity index (χ4v) is 3.13. The summed E-state index contributed by atoms with van der Waals surface area (Å²) in [6.07, 6.45) is 4.31. The van der Waals surface area contributed by atoms with E-state index in [4.69, 9.17) is 0 Å². The molecule has 2 fully saturated rings. The molecule has 0 N–H and O–H groups in total. The maximum atomic E-state index is 13.8. The third-order valence-electron chi connectivity index (χ3n) is 3.84. The summed E-state index contributed by atoms with van der Waals surface area (Å²) in [4.78, 5) is 13.0. The molecule has 0 amide bonds. The van der Waals surface area contributed by atoms with Gasteiger partial charge in [-0.25, -0.2) is 4.39 Å². The van der Waals surface area contributed by atoms with Crippen LogP contribution in [0.2, 0.25) is 0 Å². The summed E-state index contributed by atoms with van der Waals surface area (Å²) >= 11 is 0. The van der Waals surface area contributed by atoms with Crippen LogP contribution in [-0.4, -0.2) is 18.9 Å². The number of hydrogen-bond donors (Lipinski definition) is 0. The number of aldehydes is 1. The second-order valence-corrected chi connectivity index (χ2v) is 4.78. The Morgan fingerprint density at radius 1 is 1.38 bits per heavy atom. The molecule has 1 heterocycles. The number of piperidine rings is 1. The molecule has 1 aliphatic carbocycles. The number of nitrogens with zero attached hydrogens (tertiary/aromatic N) is 1. The topological polar surface area (TPSA) is 20.3 Å². The van der Waals surface area contributed by atoms with Gasteiger partial charge in [-0.2, -0.15) is 0 Å². The second kappa shape index (κ2) is 3.58. The first-order valence-electron chi connectivity index (χ1n) is 5.80. The predicted octanol–water partition coefficient (Wildman–Crippen LogP) is 2.63. The van der Waals surface area contributed by atoms with Crippen molar-refractivity contribution in [1.29, 1.82) is 0 Å². The van der Waals surface area contributed by atoms with Crippen LogP contribution in [-0.2, 0) is 0 Å². The summed E-state index contributed by atoms with van der Waals surface area (Å²) in [5.74, 6) is 0.432. The molecule has 1 saturated carbocycles. The summed E-state index contributed by atoms with van der Waals surface area (Å²) in [7, 11) is 0. The summed E-state index contributed by atoms with van der Waals surface area (Å²) < 4.78 is 13.8. The van der Waals surface area contributed by atoms with Crippen LogP contribution in [0.1, 0.15) is 29.6 Å². The van der Waals surface area contributed by atoms with E-state index in [1.54, 1.807) is 12.1 Å². The van der Waals surface area contributed by atoms with Crippen LogP contribution in [0.3, 0.4) is 0 Å². The Labute approximate surface area is 94.1 Å². The number of para-hydroxylation sites is 1. The zero-order valence-electron chi connectivity index (χ0n) is 9.03. The largest absolute Gasteiger partial charge is 0.365 e. The highest BCUT2D eigenvalue weighted by Crippen LogP contribution is 2.41. The van der Waals surface area contributed by atoms with Crippen molar-refractivity contribution in [2.45, 2.75) is 25.3 Å². The van der Waals surface area contributed by atoms with E-state index in [2.05, 4.69) is 4.90 Å². The number of anilines is 1. The molecule has 3 rings (SSSR count). The molecule has 1 aliphatic heterocycles. The molecule has 1 aromatic carbocycles. The molecule has 16 heavy (non-hydrogen) atoms. The van der Waals surface area contributed by atoms with Gasteiger partial charge in [-0.3, -0.25) is 4.79 Å². The number of benzene rings is 1. The quantitative estimate of drug-likeness (QED) is 0.713. The monoisotopic (exact) mass is 219 g/mol. The minimum Gasteiger partial charge on any atom is -0.365 e. The first-order valence-corrected chi connectivity index (χ1v) is 5.80. The summed E-state index contributed by atoms with van der Waals surface area (Å²) in [6, 6.07) is 5.17. The van der Waals surface area contributed by atoms with Gasteiger partial charge in [-0.1, -0.05) is 6.07 Å². The van der Waals surface area contributed by atoms with E-state index >= 15 is 0 Å². The SMILES string of the molecule is O=Cc1cccc(F)c1N1CC2CCC1C2. The lowest BCUT2D eigenvalue weighted by Crippen LogP contribution is -2.33. The number of halogens is 1. The van der Waals surface area contributed by atoms with Gasteiger partial charge in [-0.15, -0.1) is 0 Å². The van der Waals surface area contributed by atoms with Crippen molar-refractivity contribution in [1.82, 2.24) is 0 Å². The van der Waals surface area contributed by atoms with Crippen molar-refractivity contribution in [3.8, 4) is 0 Å². The van der Waals surface area contributed by atoms with Gasteiger partial charge < -0.3 is 4.90 Å². The van der Waals surface area contributed by atoms with Crippen molar-refractivity contribution < 1.29 is 9.18 Å². The number of fused-ring (bicyclic) bond motifs is 2. The highest BCUT2D eigenvalue weighted by atomic mass is 19.1. The Morgan fingerprint density at radius 2 is 2.25 bits per heavy atom. The molecule has 1 saturated heterocycles. The molecule has 1 aromatic rings. The van der Waals surface area contributed by atoms with Crippen LogP contribution < -0.4 is 4.90 Å². The Kier molecular flexibility index (Phi) is 2.20. The molecule has 2 bridgehead atoms. The van der Waals surface area contributed by atoms with E-state index in [1.807, 2.05) is 0 Å². The van der Waals surface area contributed by atoms with Crippen LogP contribution in [0.15, 0.2) is 18.2 Å². The molecule has 2 nitrogen and oxygen atoms in total. The molecule has 2 aliphatic rings. The van der Waals surface area contributed by atoms with Crippen molar-refractivity contribution in [3.63, 3.8) is 0 Å². The summed E-state index contributed by atoms with van der Waals surface area (Å²) in [5.41, 5.74) is 0.997. The van der Waals surface area contributed by atoms with Gasteiger partial charge in [0.05, 0.1) is 5.69 Å². The van der Waals surface area contributed by atoms with E-state index in [1.165, 1.54) is 12.5 Å². The lowest BCUT2D eigenvalue weighted by atomic mass is 10.1. The van der Waals surface area contributed by atoms with Crippen LogP contribution in [0, 0.1) is 11.7 Å². The van der Waals surface area contributed by atoms with Crippen LogP contribution in [0.4, 0.5) is 10.1 Å². The van der Waals surface area contributed by atoms with E-state index in [0.717, 1.165) is 25.7 Å². The second-order valence-electron chi connectivity index (χ2n) is 4.78. The molecular formula is C13H14FNO. The first-order chi connectivity index (χ1) is 7.79. The Balaban J connectivity index is 2.03. The van der Waals surface area contributed by atoms with Gasteiger partial charge in [0.2, 0.25) is 0 Å². The molecule has 3 heteroatoms. The molecule has 0 aromatic heterocycles. The zero-order valence-corrected chi connectivity index (χ0v) is 9.03. The summed E-state index contributed by atoms with van der Waals surface area (Å²) in [6.45, 7) is 0.909. The smallest absolute Gasteiger partial charge is 0.152 e. The molecule has 2 atom stereocenters. The van der Waals surface area contributed by atoms with E-state index in [9.17, 15) is 9.18 Å². The van der Waals surface area contributed by atoms with E-state index in [-0.39, 0.29) is 5.82 Å². The fraction of sp³-hybridized carbons (Fsp3) is 0.462. The van der Waals surface area contributed by atoms with Gasteiger partial charge in [0.25, 0.3) is 0 Å². The van der Waals surface area contributed by atoms with E-state index < -0.39 is 0 Å². The minimum atomic E-state index is -0.267. The number of carbonyl (C=O) groups excluding carboxylic acids is 1. The zero-order chi connectivity index (χ0) is 11.1. The highest BCUT2D eigenvalue weighted by Gasteiger charge is 2.39. The molecule has 0 spiro atoms. The summed E-state index contributed by atoms with van der Waals surface area (Å²) in [5, 5.41) is 0. The van der Waals surface area contributed by atoms with Gasteiger partial charge in [0, 0.05) is 18.2 Å². The maximum absolute atomic E-state index is 13.8. The number of carbonyl (C=O) groups is 1. The first kappa shape index (κ1) is 9.82. The molecule has 84 valence electrons. The van der Waals surface area contributed by atoms with Gasteiger partial charge >= 0.3 is 0 Å². The number of rotatable bonds is 2. The maximum Gasteiger partial charge on any atom is 0.152 e. The average Bonchev–Trinajstić information content (AvgIpc) is 2.90. The van der Waals surface area contributed by atoms with Crippen molar-refractivity contribution >= 4 is 12.0 Å². The van der Waals surface area contributed by atoms with Crippen molar-refractivity contribution in [2.24, 2.45) is 5.92 Å². The standard InChI is InChI=1S/C13H14FNO/c14-12-3-1-2-10(8-16)13(12)15-7-9-4-5-11(15)6-9/h1-3,8-9,11H,4-7H2. The minimum absolute atomic E-state index is 0.267. The lowest BCUT2D eigenvalue weighted by molar-refractivity contribution is 0.112. The third-order valence-corrected chi connectivity index (χ3v) is 3.84. The Bertz CT molecular complexity index is 432.